The van der Waals surface area contributed by atoms with Crippen LogP contribution in [-0.4, -0.2) is 33.8 Å². The van der Waals surface area contributed by atoms with Crippen molar-refractivity contribution in [2.24, 2.45) is 0 Å². The van der Waals surface area contributed by atoms with Gasteiger partial charge in [0.25, 0.3) is 4.80 Å². The molecule has 0 spiro atoms. The number of nitrogens with one attached hydrogen (secondary N) is 1. The highest BCUT2D eigenvalue weighted by Crippen LogP contribution is 2.11. The Bertz CT molecular complexity index is 466. The van der Waals surface area contributed by atoms with Crippen LogP contribution >= 0.6 is 15.9 Å². The number of amides is 1. The number of oxazole rings is 1. The summed E-state index contributed by atoms with van der Waals surface area (Å²) in [5.41, 5.74) is -0.278. The lowest BCUT2D eigenvalue weighted by molar-refractivity contribution is -0.139. The predicted molar refractivity (Wildman–Crippen MR) is 68.7 cm³/mol. The van der Waals surface area contributed by atoms with Crippen LogP contribution in [0.25, 0.3) is 0 Å². The van der Waals surface area contributed by atoms with Gasteiger partial charge in [-0.1, -0.05) is 0 Å². The monoisotopic (exact) mass is 334 g/mol. The van der Waals surface area contributed by atoms with Gasteiger partial charge in [0.05, 0.1) is 5.69 Å². The SMILES string of the molecule is CC(C)(C)OC(=O)NC(Cc1coc(Br)n1)C(=O)O. The van der Waals surface area contributed by atoms with E-state index in [1.807, 2.05) is 0 Å². The van der Waals surface area contributed by atoms with Gasteiger partial charge in [0.1, 0.15) is 17.9 Å². The van der Waals surface area contributed by atoms with Crippen molar-refractivity contribution in [3.05, 3.63) is 16.8 Å². The quantitative estimate of drug-likeness (QED) is 0.872. The Morgan fingerprint density at radius 2 is 2.21 bits per heavy atom. The van der Waals surface area contributed by atoms with Gasteiger partial charge in [-0.25, -0.2) is 14.6 Å². The second-order valence-corrected chi connectivity index (χ2v) is 5.51. The summed E-state index contributed by atoms with van der Waals surface area (Å²) in [5, 5.41) is 11.3. The van der Waals surface area contributed by atoms with Crippen LogP contribution in [0.3, 0.4) is 0 Å². The summed E-state index contributed by atoms with van der Waals surface area (Å²) in [4.78, 5) is 26.8. The third-order valence-electron chi connectivity index (χ3n) is 1.93. The lowest BCUT2D eigenvalue weighted by Gasteiger charge is -2.21. The fourth-order valence-electron chi connectivity index (χ4n) is 1.24. The fraction of sp³-hybridized carbons (Fsp3) is 0.545. The topological polar surface area (TPSA) is 102 Å². The number of hydrogen-bond donors (Lipinski definition) is 2. The van der Waals surface area contributed by atoms with Crippen molar-refractivity contribution < 1.29 is 23.8 Å². The van der Waals surface area contributed by atoms with Crippen molar-refractivity contribution in [3.8, 4) is 0 Å². The summed E-state index contributed by atoms with van der Waals surface area (Å²) < 4.78 is 9.89. The predicted octanol–water partition coefficient (Wildman–Crippen LogP) is 1.96. The van der Waals surface area contributed by atoms with E-state index >= 15 is 0 Å². The number of carboxylic acid groups (broad SMARTS) is 1. The molecule has 2 N–H and O–H groups in total. The van der Waals surface area contributed by atoms with Gasteiger partial charge in [-0.2, -0.15) is 0 Å². The number of carbonyl (C=O) groups excluding carboxylic acids is 1. The molecule has 0 bridgehead atoms. The van der Waals surface area contributed by atoms with E-state index in [2.05, 4.69) is 26.2 Å². The minimum Gasteiger partial charge on any atom is -0.480 e. The molecular weight excluding hydrogens is 320 g/mol. The van der Waals surface area contributed by atoms with E-state index in [1.54, 1.807) is 20.8 Å². The number of aliphatic carboxylic acids is 1. The van der Waals surface area contributed by atoms with Gasteiger partial charge in [0.15, 0.2) is 0 Å². The number of carbonyl (C=O) groups is 2. The van der Waals surface area contributed by atoms with Crippen LogP contribution < -0.4 is 5.32 Å². The Morgan fingerprint density at radius 1 is 1.58 bits per heavy atom. The number of nitrogens with zero attached hydrogens (tertiary/aromatic N) is 1. The molecule has 1 unspecified atom stereocenters. The second kappa shape index (κ2) is 6.05. The van der Waals surface area contributed by atoms with E-state index in [-0.39, 0.29) is 11.2 Å². The molecule has 0 saturated heterocycles. The Morgan fingerprint density at radius 3 is 2.63 bits per heavy atom. The van der Waals surface area contributed by atoms with Crippen LogP contribution in [0.4, 0.5) is 4.79 Å². The highest BCUT2D eigenvalue weighted by molar-refractivity contribution is 9.10. The largest absolute Gasteiger partial charge is 0.480 e. The van der Waals surface area contributed by atoms with Crippen molar-refractivity contribution in [1.29, 1.82) is 0 Å². The summed E-state index contributed by atoms with van der Waals surface area (Å²) >= 11 is 3.01. The average molecular weight is 335 g/mol. The lowest BCUT2D eigenvalue weighted by atomic mass is 10.1. The number of alkyl carbamates (subject to hydrolysis) is 1. The first kappa shape index (κ1) is 15.5. The van der Waals surface area contributed by atoms with Crippen molar-refractivity contribution in [2.75, 3.05) is 0 Å². The number of rotatable bonds is 4. The molecule has 0 saturated carbocycles. The number of carboxylic acids is 1. The molecule has 19 heavy (non-hydrogen) atoms. The summed E-state index contributed by atoms with van der Waals surface area (Å²) in [7, 11) is 0. The number of halogens is 1. The Kier molecular flexibility index (Phi) is 4.93. The van der Waals surface area contributed by atoms with Gasteiger partial charge in [-0.05, 0) is 20.8 Å². The minimum atomic E-state index is -1.18. The molecule has 1 aromatic rings. The second-order valence-electron chi connectivity index (χ2n) is 4.83. The van der Waals surface area contributed by atoms with Crippen LogP contribution in [-0.2, 0) is 16.0 Å². The van der Waals surface area contributed by atoms with E-state index in [4.69, 9.17) is 14.3 Å². The molecule has 0 aliphatic carbocycles. The maximum atomic E-state index is 11.5. The van der Waals surface area contributed by atoms with E-state index < -0.39 is 23.7 Å². The third kappa shape index (κ3) is 5.73. The van der Waals surface area contributed by atoms with Crippen LogP contribution in [0.15, 0.2) is 15.5 Å². The molecule has 0 aliphatic rings. The molecule has 1 amide bonds. The molecule has 1 atom stereocenters. The van der Waals surface area contributed by atoms with Gasteiger partial charge in [-0.3, -0.25) is 0 Å². The smallest absolute Gasteiger partial charge is 0.408 e. The summed E-state index contributed by atoms with van der Waals surface area (Å²) in [5.74, 6) is -1.18. The minimum absolute atomic E-state index is 0.00365. The number of aromatic nitrogens is 1. The summed E-state index contributed by atoms with van der Waals surface area (Å²) in [6.45, 7) is 5.07. The molecule has 0 aromatic carbocycles. The highest BCUT2D eigenvalue weighted by atomic mass is 79.9. The lowest BCUT2D eigenvalue weighted by Crippen LogP contribution is -2.44. The van der Waals surface area contributed by atoms with Crippen LogP contribution in [0.2, 0.25) is 0 Å². The van der Waals surface area contributed by atoms with Gasteiger partial charge in [0.2, 0.25) is 0 Å². The third-order valence-corrected chi connectivity index (χ3v) is 2.29. The number of ether oxygens (including phenoxy) is 1. The Labute approximate surface area is 118 Å². The maximum absolute atomic E-state index is 11.5. The van der Waals surface area contributed by atoms with Crippen molar-refractivity contribution in [3.63, 3.8) is 0 Å². The molecule has 7 nitrogen and oxygen atoms in total. The molecule has 1 heterocycles. The first-order valence-electron chi connectivity index (χ1n) is 5.49. The molecule has 0 fully saturated rings. The van der Waals surface area contributed by atoms with Crippen LogP contribution in [0.5, 0.6) is 0 Å². The Balaban J connectivity index is 2.63. The molecule has 1 aromatic heterocycles. The summed E-state index contributed by atoms with van der Waals surface area (Å²) in [6, 6.07) is -1.13. The van der Waals surface area contributed by atoms with Crippen molar-refractivity contribution in [1.82, 2.24) is 10.3 Å². The molecular formula is C11H15BrN2O5. The van der Waals surface area contributed by atoms with Gasteiger partial charge in [0, 0.05) is 22.4 Å². The van der Waals surface area contributed by atoms with Crippen LogP contribution in [0.1, 0.15) is 26.5 Å². The van der Waals surface area contributed by atoms with E-state index in [1.165, 1.54) is 6.26 Å². The first-order valence-corrected chi connectivity index (χ1v) is 6.29. The standard InChI is InChI=1S/C11H15BrN2O5/c1-11(2,3)19-10(17)14-7(8(15)16)4-6-5-18-9(12)13-6/h5,7H,4H2,1-3H3,(H,14,17)(H,15,16). The van der Waals surface area contributed by atoms with Gasteiger partial charge < -0.3 is 19.6 Å². The first-order chi connectivity index (χ1) is 8.67. The van der Waals surface area contributed by atoms with E-state index in [9.17, 15) is 9.59 Å². The van der Waals surface area contributed by atoms with Crippen molar-refractivity contribution in [2.45, 2.75) is 38.8 Å². The normalized spacial score (nSPS) is 12.8. The maximum Gasteiger partial charge on any atom is 0.408 e. The molecule has 0 aliphatic heterocycles. The average Bonchev–Trinajstić information content (AvgIpc) is 2.60. The molecule has 8 heteroatoms. The fourth-order valence-corrected chi connectivity index (χ4v) is 1.56. The van der Waals surface area contributed by atoms with Gasteiger partial charge >= 0.3 is 12.1 Å². The molecule has 0 radical (unpaired) electrons. The van der Waals surface area contributed by atoms with Gasteiger partial charge in [-0.15, -0.1) is 0 Å². The zero-order valence-corrected chi connectivity index (χ0v) is 12.4. The zero-order chi connectivity index (χ0) is 14.6. The Hall–Kier alpha value is -1.57. The number of hydrogen-bond acceptors (Lipinski definition) is 5. The summed E-state index contributed by atoms with van der Waals surface area (Å²) in [6.07, 6.45) is 0.531. The molecule has 106 valence electrons. The van der Waals surface area contributed by atoms with E-state index in [0.29, 0.717) is 5.69 Å². The van der Waals surface area contributed by atoms with Crippen molar-refractivity contribution >= 4 is 28.0 Å². The van der Waals surface area contributed by atoms with E-state index in [0.717, 1.165) is 0 Å². The zero-order valence-electron chi connectivity index (χ0n) is 10.8. The highest BCUT2D eigenvalue weighted by Gasteiger charge is 2.25. The van der Waals surface area contributed by atoms with Crippen LogP contribution in [0, 0.1) is 0 Å². The molecule has 1 rings (SSSR count).